The topological polar surface area (TPSA) is 72.1 Å². The molecule has 2 rings (SSSR count). The van der Waals surface area contributed by atoms with Crippen LogP contribution >= 0.6 is 15.9 Å². The average molecular weight is 327 g/mol. The Hall–Kier alpha value is -1.76. The summed E-state index contributed by atoms with van der Waals surface area (Å²) in [5.74, 6) is 2.06. The number of nitrogens with zero attached hydrogens (tertiary/aromatic N) is 2. The van der Waals surface area contributed by atoms with Crippen LogP contribution in [0, 0.1) is 0 Å². The standard InChI is InChI=1S/C12H15BrN4O2/c1-3-19-11-4-8(9(13)5-10(11)18-2)6-14-12-15-7-16-17-12/h4-5,7H,3,6H2,1-2H3,(H2,14,15,16,17). The highest BCUT2D eigenvalue weighted by molar-refractivity contribution is 9.10. The van der Waals surface area contributed by atoms with Crippen LogP contribution in [-0.2, 0) is 6.54 Å². The summed E-state index contributed by atoms with van der Waals surface area (Å²) in [7, 11) is 1.62. The van der Waals surface area contributed by atoms with Gasteiger partial charge in [-0.15, -0.1) is 0 Å². The van der Waals surface area contributed by atoms with E-state index in [1.165, 1.54) is 6.33 Å². The Labute approximate surface area is 119 Å². The number of methoxy groups -OCH3 is 1. The van der Waals surface area contributed by atoms with Gasteiger partial charge in [0, 0.05) is 11.0 Å². The monoisotopic (exact) mass is 326 g/mol. The molecular weight excluding hydrogens is 312 g/mol. The summed E-state index contributed by atoms with van der Waals surface area (Å²) < 4.78 is 11.8. The normalized spacial score (nSPS) is 10.3. The molecule has 0 aliphatic heterocycles. The van der Waals surface area contributed by atoms with Gasteiger partial charge in [-0.05, 0) is 24.6 Å². The van der Waals surface area contributed by atoms with Crippen molar-refractivity contribution in [3.05, 3.63) is 28.5 Å². The molecule has 0 saturated carbocycles. The molecule has 0 aliphatic carbocycles. The van der Waals surface area contributed by atoms with Gasteiger partial charge in [0.25, 0.3) is 0 Å². The Morgan fingerprint density at radius 3 is 2.84 bits per heavy atom. The maximum absolute atomic E-state index is 5.55. The lowest BCUT2D eigenvalue weighted by Gasteiger charge is -2.13. The maximum Gasteiger partial charge on any atom is 0.218 e. The first kappa shape index (κ1) is 13.7. The summed E-state index contributed by atoms with van der Waals surface area (Å²) in [6.45, 7) is 3.13. The van der Waals surface area contributed by atoms with E-state index in [9.17, 15) is 0 Å². The zero-order valence-electron chi connectivity index (χ0n) is 10.7. The molecule has 2 aromatic rings. The minimum Gasteiger partial charge on any atom is -0.493 e. The van der Waals surface area contributed by atoms with Crippen LogP contribution in [0.3, 0.4) is 0 Å². The Kier molecular flexibility index (Phi) is 4.62. The Bertz CT molecular complexity index is 531. The highest BCUT2D eigenvalue weighted by Gasteiger charge is 2.10. The number of aromatic amines is 1. The van der Waals surface area contributed by atoms with Gasteiger partial charge in [-0.25, -0.2) is 10.1 Å². The van der Waals surface area contributed by atoms with Crippen molar-refractivity contribution in [1.29, 1.82) is 0 Å². The number of aromatic nitrogens is 3. The molecule has 6 nitrogen and oxygen atoms in total. The lowest BCUT2D eigenvalue weighted by molar-refractivity contribution is 0.310. The van der Waals surface area contributed by atoms with E-state index >= 15 is 0 Å². The fourth-order valence-electron chi connectivity index (χ4n) is 1.61. The van der Waals surface area contributed by atoms with Crippen LogP contribution in [0.4, 0.5) is 5.95 Å². The number of hydrogen-bond donors (Lipinski definition) is 2. The largest absolute Gasteiger partial charge is 0.493 e. The van der Waals surface area contributed by atoms with Crippen molar-refractivity contribution in [3.8, 4) is 11.5 Å². The average Bonchev–Trinajstić information content (AvgIpc) is 2.92. The van der Waals surface area contributed by atoms with Gasteiger partial charge in [0.15, 0.2) is 11.5 Å². The fraction of sp³-hybridized carbons (Fsp3) is 0.333. The van der Waals surface area contributed by atoms with Crippen molar-refractivity contribution in [2.24, 2.45) is 0 Å². The molecule has 0 fully saturated rings. The van der Waals surface area contributed by atoms with Crippen LogP contribution in [0.5, 0.6) is 11.5 Å². The number of benzene rings is 1. The van der Waals surface area contributed by atoms with Gasteiger partial charge in [-0.2, -0.15) is 5.10 Å². The predicted octanol–water partition coefficient (Wildman–Crippen LogP) is 2.59. The predicted molar refractivity (Wildman–Crippen MR) is 75.6 cm³/mol. The minimum absolute atomic E-state index is 0.590. The summed E-state index contributed by atoms with van der Waals surface area (Å²) in [5, 5.41) is 9.65. The number of hydrogen-bond acceptors (Lipinski definition) is 5. The number of nitrogens with one attached hydrogen (secondary N) is 2. The van der Waals surface area contributed by atoms with Crippen molar-refractivity contribution in [2.45, 2.75) is 13.5 Å². The van der Waals surface area contributed by atoms with E-state index in [0.29, 0.717) is 24.8 Å². The van der Waals surface area contributed by atoms with Gasteiger partial charge >= 0.3 is 0 Å². The van der Waals surface area contributed by atoms with Crippen molar-refractivity contribution >= 4 is 21.9 Å². The molecule has 0 radical (unpaired) electrons. The first-order chi connectivity index (χ1) is 9.24. The van der Waals surface area contributed by atoms with Crippen LogP contribution in [0.15, 0.2) is 22.9 Å². The Morgan fingerprint density at radius 1 is 1.37 bits per heavy atom. The smallest absolute Gasteiger partial charge is 0.218 e. The molecule has 1 aromatic carbocycles. The van der Waals surface area contributed by atoms with Crippen molar-refractivity contribution in [3.63, 3.8) is 0 Å². The van der Waals surface area contributed by atoms with E-state index in [4.69, 9.17) is 9.47 Å². The van der Waals surface area contributed by atoms with E-state index in [-0.39, 0.29) is 0 Å². The fourth-order valence-corrected chi connectivity index (χ4v) is 2.07. The molecule has 1 heterocycles. The molecule has 0 saturated heterocycles. The molecule has 2 N–H and O–H groups in total. The molecule has 1 aromatic heterocycles. The van der Waals surface area contributed by atoms with Gasteiger partial charge in [-0.1, -0.05) is 15.9 Å². The molecule has 0 bridgehead atoms. The van der Waals surface area contributed by atoms with E-state index < -0.39 is 0 Å². The Balaban J connectivity index is 2.17. The molecule has 0 spiro atoms. The maximum atomic E-state index is 5.55. The molecule has 0 atom stereocenters. The Morgan fingerprint density at radius 2 is 2.21 bits per heavy atom. The third kappa shape index (κ3) is 3.37. The third-order valence-electron chi connectivity index (χ3n) is 2.49. The second-order valence-electron chi connectivity index (χ2n) is 3.72. The lowest BCUT2D eigenvalue weighted by atomic mass is 10.2. The molecule has 0 amide bonds. The van der Waals surface area contributed by atoms with E-state index in [1.807, 2.05) is 19.1 Å². The minimum atomic E-state index is 0.590. The van der Waals surface area contributed by atoms with Crippen molar-refractivity contribution in [1.82, 2.24) is 15.2 Å². The van der Waals surface area contributed by atoms with Crippen LogP contribution in [0.25, 0.3) is 0 Å². The summed E-state index contributed by atoms with van der Waals surface area (Å²) in [5.41, 5.74) is 1.04. The molecule has 102 valence electrons. The summed E-state index contributed by atoms with van der Waals surface area (Å²) in [6.07, 6.45) is 1.46. The highest BCUT2D eigenvalue weighted by Crippen LogP contribution is 2.33. The van der Waals surface area contributed by atoms with E-state index in [1.54, 1.807) is 7.11 Å². The second kappa shape index (κ2) is 6.42. The van der Waals surface area contributed by atoms with E-state index in [0.717, 1.165) is 15.8 Å². The number of halogens is 1. The van der Waals surface area contributed by atoms with Crippen molar-refractivity contribution < 1.29 is 9.47 Å². The lowest BCUT2D eigenvalue weighted by Crippen LogP contribution is -2.03. The van der Waals surface area contributed by atoms with Gasteiger partial charge in [0.1, 0.15) is 6.33 Å². The zero-order valence-corrected chi connectivity index (χ0v) is 12.3. The zero-order chi connectivity index (χ0) is 13.7. The van der Waals surface area contributed by atoms with Crippen molar-refractivity contribution in [2.75, 3.05) is 19.0 Å². The summed E-state index contributed by atoms with van der Waals surface area (Å²) in [4.78, 5) is 4.00. The van der Waals surface area contributed by atoms with Gasteiger partial charge in [0.2, 0.25) is 5.95 Å². The van der Waals surface area contributed by atoms with Gasteiger partial charge < -0.3 is 14.8 Å². The third-order valence-corrected chi connectivity index (χ3v) is 3.23. The summed E-state index contributed by atoms with van der Waals surface area (Å²) >= 11 is 3.52. The molecule has 0 unspecified atom stereocenters. The van der Waals surface area contributed by atoms with Crippen LogP contribution in [0.1, 0.15) is 12.5 Å². The van der Waals surface area contributed by atoms with Gasteiger partial charge in [0.05, 0.1) is 13.7 Å². The first-order valence-electron chi connectivity index (χ1n) is 5.83. The number of ether oxygens (including phenoxy) is 2. The van der Waals surface area contributed by atoms with Crippen LogP contribution < -0.4 is 14.8 Å². The van der Waals surface area contributed by atoms with Crippen LogP contribution in [0.2, 0.25) is 0 Å². The quantitative estimate of drug-likeness (QED) is 0.853. The molecule has 7 heteroatoms. The van der Waals surface area contributed by atoms with E-state index in [2.05, 4.69) is 36.4 Å². The number of anilines is 1. The molecular formula is C12H15BrN4O2. The SMILES string of the molecule is CCOc1cc(CNc2ncn[nH]2)c(Br)cc1OC. The number of rotatable bonds is 6. The first-order valence-corrected chi connectivity index (χ1v) is 6.62. The van der Waals surface area contributed by atoms with Crippen LogP contribution in [-0.4, -0.2) is 28.9 Å². The molecule has 0 aliphatic rings. The summed E-state index contributed by atoms with van der Waals surface area (Å²) in [6, 6.07) is 3.83. The number of H-pyrrole nitrogens is 1. The second-order valence-corrected chi connectivity index (χ2v) is 4.57. The van der Waals surface area contributed by atoms with Gasteiger partial charge in [-0.3, -0.25) is 0 Å². The highest BCUT2D eigenvalue weighted by atomic mass is 79.9. The molecule has 19 heavy (non-hydrogen) atoms.